The number of nitrogens with zero attached hydrogens (tertiary/aromatic N) is 1. The summed E-state index contributed by atoms with van der Waals surface area (Å²) in [5.41, 5.74) is 0.741. The quantitative estimate of drug-likeness (QED) is 0.462. The molecule has 2 aromatic rings. The van der Waals surface area contributed by atoms with Gasteiger partial charge in [0, 0.05) is 39.6 Å². The van der Waals surface area contributed by atoms with Crippen LogP contribution in [0, 0.1) is 13.8 Å². The fraction of sp³-hybridized carbons (Fsp3) is 0.333. The lowest BCUT2D eigenvalue weighted by Gasteiger charge is -2.20. The predicted molar refractivity (Wildman–Crippen MR) is 102 cm³/mol. The van der Waals surface area contributed by atoms with E-state index in [2.05, 4.69) is 6.58 Å². The van der Waals surface area contributed by atoms with Crippen LogP contribution in [0.3, 0.4) is 0 Å². The van der Waals surface area contributed by atoms with Gasteiger partial charge in [0.1, 0.15) is 0 Å². The van der Waals surface area contributed by atoms with Gasteiger partial charge < -0.3 is 4.90 Å². The first-order valence-electron chi connectivity index (χ1n) is 7.63. The van der Waals surface area contributed by atoms with E-state index in [4.69, 9.17) is 11.6 Å². The van der Waals surface area contributed by atoms with Gasteiger partial charge in [-0.2, -0.15) is 0 Å². The van der Waals surface area contributed by atoms with Crippen molar-refractivity contribution in [2.75, 3.05) is 6.54 Å². The van der Waals surface area contributed by atoms with E-state index < -0.39 is 0 Å². The molecule has 0 radical (unpaired) electrons. The lowest BCUT2D eigenvalue weighted by molar-refractivity contribution is -0.131. The van der Waals surface area contributed by atoms with E-state index in [-0.39, 0.29) is 24.5 Å². The maximum atomic E-state index is 12.5. The van der Waals surface area contributed by atoms with Crippen LogP contribution in [0.15, 0.2) is 30.9 Å². The molecular weight excluding hydrogens is 362 g/mol. The van der Waals surface area contributed by atoms with Crippen molar-refractivity contribution in [3.05, 3.63) is 55.4 Å². The Kier molecular flexibility index (Phi) is 6.78. The molecular formula is C18H20ClNO2S2. The number of ketones is 1. The molecule has 0 spiro atoms. The number of thiophene rings is 2. The maximum absolute atomic E-state index is 12.5. The number of carbonyl (C=O) groups excluding carboxylic acids is 2. The summed E-state index contributed by atoms with van der Waals surface area (Å²) in [6, 6.07) is 5.64. The van der Waals surface area contributed by atoms with Gasteiger partial charge in [-0.15, -0.1) is 29.3 Å². The molecule has 0 aliphatic rings. The number of aryl methyl sites for hydroxylation is 2. The molecule has 6 heteroatoms. The second-order valence-electron chi connectivity index (χ2n) is 5.52. The highest BCUT2D eigenvalue weighted by molar-refractivity contribution is 7.16. The zero-order valence-corrected chi connectivity index (χ0v) is 16.2. The summed E-state index contributed by atoms with van der Waals surface area (Å²) < 4.78 is 0.703. The fourth-order valence-corrected chi connectivity index (χ4v) is 4.50. The van der Waals surface area contributed by atoms with Crippen molar-refractivity contribution >= 4 is 46.0 Å². The number of carbonyl (C=O) groups is 2. The maximum Gasteiger partial charge on any atom is 0.223 e. The number of halogens is 1. The summed E-state index contributed by atoms with van der Waals surface area (Å²) >= 11 is 9.01. The molecule has 0 atom stereocenters. The minimum atomic E-state index is -0.0441. The van der Waals surface area contributed by atoms with Crippen LogP contribution in [-0.2, 0) is 11.3 Å². The van der Waals surface area contributed by atoms with Crippen LogP contribution >= 0.6 is 34.3 Å². The van der Waals surface area contributed by atoms with Crippen LogP contribution in [0.2, 0.25) is 4.34 Å². The van der Waals surface area contributed by atoms with Gasteiger partial charge in [0.2, 0.25) is 5.91 Å². The van der Waals surface area contributed by atoms with Crippen LogP contribution in [0.4, 0.5) is 0 Å². The summed E-state index contributed by atoms with van der Waals surface area (Å²) in [6.45, 7) is 8.58. The molecule has 2 rings (SSSR count). The van der Waals surface area contributed by atoms with Gasteiger partial charge >= 0.3 is 0 Å². The lowest BCUT2D eigenvalue weighted by atomic mass is 10.1. The lowest BCUT2D eigenvalue weighted by Crippen LogP contribution is -2.30. The Morgan fingerprint density at radius 2 is 2.00 bits per heavy atom. The molecule has 0 bridgehead atoms. The number of hydrogen-bond acceptors (Lipinski definition) is 4. The number of hydrogen-bond donors (Lipinski definition) is 0. The van der Waals surface area contributed by atoms with Crippen molar-refractivity contribution in [2.45, 2.75) is 33.2 Å². The van der Waals surface area contributed by atoms with Crippen molar-refractivity contribution in [3.8, 4) is 0 Å². The summed E-state index contributed by atoms with van der Waals surface area (Å²) in [4.78, 5) is 29.6. The third-order valence-corrected chi connectivity index (χ3v) is 5.77. The summed E-state index contributed by atoms with van der Waals surface area (Å²) in [5.74, 6) is -0.0136. The monoisotopic (exact) mass is 381 g/mol. The highest BCUT2D eigenvalue weighted by Gasteiger charge is 2.18. The first kappa shape index (κ1) is 18.9. The number of amides is 1. The van der Waals surface area contributed by atoms with E-state index in [0.29, 0.717) is 17.4 Å². The molecule has 1 amide bonds. The van der Waals surface area contributed by atoms with E-state index in [1.807, 2.05) is 32.0 Å². The molecule has 0 aliphatic heterocycles. The Hall–Kier alpha value is -1.43. The molecule has 0 saturated carbocycles. The summed E-state index contributed by atoms with van der Waals surface area (Å²) in [5, 5.41) is 0. The molecule has 0 fully saturated rings. The Labute approximate surface area is 155 Å². The van der Waals surface area contributed by atoms with E-state index in [1.54, 1.807) is 22.3 Å². The molecule has 2 aromatic heterocycles. The van der Waals surface area contributed by atoms with Crippen molar-refractivity contribution < 1.29 is 9.59 Å². The van der Waals surface area contributed by atoms with Gasteiger partial charge in [0.15, 0.2) is 5.78 Å². The number of rotatable bonds is 8. The Morgan fingerprint density at radius 1 is 1.25 bits per heavy atom. The van der Waals surface area contributed by atoms with E-state index in [9.17, 15) is 9.59 Å². The first-order valence-corrected chi connectivity index (χ1v) is 9.65. The Bertz CT molecular complexity index is 748. The van der Waals surface area contributed by atoms with Crippen molar-refractivity contribution in [1.82, 2.24) is 4.90 Å². The molecule has 24 heavy (non-hydrogen) atoms. The molecule has 2 heterocycles. The fourth-order valence-electron chi connectivity index (χ4n) is 2.46. The van der Waals surface area contributed by atoms with Crippen LogP contribution < -0.4 is 0 Å². The molecule has 0 aromatic carbocycles. The standard InChI is InChI=1S/C18H20ClNO2S2/c1-4-9-20(11-14-5-7-17(19)24-14)18(22)8-6-16(21)15-10-12(2)23-13(15)3/h4-5,7,10H,1,6,8-9,11H2,2-3H3. The van der Waals surface area contributed by atoms with Crippen LogP contribution in [0.5, 0.6) is 0 Å². The van der Waals surface area contributed by atoms with Gasteiger partial charge in [-0.1, -0.05) is 17.7 Å². The minimum absolute atomic E-state index is 0.0305. The van der Waals surface area contributed by atoms with E-state index >= 15 is 0 Å². The van der Waals surface area contributed by atoms with Crippen LogP contribution in [-0.4, -0.2) is 23.1 Å². The highest BCUT2D eigenvalue weighted by Crippen LogP contribution is 2.24. The predicted octanol–water partition coefficient (Wildman–Crippen LogP) is 5.26. The van der Waals surface area contributed by atoms with Crippen molar-refractivity contribution in [2.24, 2.45) is 0 Å². The van der Waals surface area contributed by atoms with Crippen LogP contribution in [0.1, 0.15) is 37.8 Å². The van der Waals surface area contributed by atoms with E-state index in [1.165, 1.54) is 11.3 Å². The molecule has 0 aliphatic carbocycles. The molecule has 128 valence electrons. The molecule has 0 saturated heterocycles. The third kappa shape index (κ3) is 5.03. The van der Waals surface area contributed by atoms with Crippen molar-refractivity contribution in [1.29, 1.82) is 0 Å². The normalized spacial score (nSPS) is 10.6. The van der Waals surface area contributed by atoms with Crippen molar-refractivity contribution in [3.63, 3.8) is 0 Å². The SMILES string of the molecule is C=CCN(Cc1ccc(Cl)s1)C(=O)CCC(=O)c1cc(C)sc1C. The Morgan fingerprint density at radius 3 is 2.54 bits per heavy atom. The molecule has 3 nitrogen and oxygen atoms in total. The van der Waals surface area contributed by atoms with Crippen LogP contribution in [0.25, 0.3) is 0 Å². The largest absolute Gasteiger partial charge is 0.334 e. The van der Waals surface area contributed by atoms with Gasteiger partial charge in [-0.3, -0.25) is 9.59 Å². The summed E-state index contributed by atoms with van der Waals surface area (Å²) in [7, 11) is 0. The van der Waals surface area contributed by atoms with Gasteiger partial charge in [-0.25, -0.2) is 0 Å². The first-order chi connectivity index (χ1) is 11.4. The highest BCUT2D eigenvalue weighted by atomic mass is 35.5. The molecule has 0 N–H and O–H groups in total. The zero-order chi connectivity index (χ0) is 17.7. The van der Waals surface area contributed by atoms with Gasteiger partial charge in [-0.05, 0) is 32.0 Å². The minimum Gasteiger partial charge on any atom is -0.334 e. The zero-order valence-electron chi connectivity index (χ0n) is 13.8. The number of Topliss-reactive ketones (excluding diaryl/α,β-unsaturated/α-hetero) is 1. The molecule has 0 unspecified atom stereocenters. The van der Waals surface area contributed by atoms with Gasteiger partial charge in [0.25, 0.3) is 0 Å². The topological polar surface area (TPSA) is 37.4 Å². The smallest absolute Gasteiger partial charge is 0.223 e. The second-order valence-corrected chi connectivity index (χ2v) is 8.78. The summed E-state index contributed by atoms with van der Waals surface area (Å²) in [6.07, 6.45) is 2.14. The Balaban J connectivity index is 1.96. The van der Waals surface area contributed by atoms with Gasteiger partial charge in [0.05, 0.1) is 10.9 Å². The third-order valence-electron chi connectivity index (χ3n) is 3.59. The second kappa shape index (κ2) is 8.60. The average molecular weight is 382 g/mol. The average Bonchev–Trinajstić information content (AvgIpc) is 3.09. The van der Waals surface area contributed by atoms with E-state index in [0.717, 1.165) is 20.2 Å².